The van der Waals surface area contributed by atoms with Crippen LogP contribution in [0.4, 0.5) is 0 Å². The molecule has 0 N–H and O–H groups in total. The Kier molecular flexibility index (Phi) is 4.03. The minimum absolute atomic E-state index is 0.496. The van der Waals surface area contributed by atoms with Crippen molar-refractivity contribution in [2.75, 3.05) is 13.2 Å². The molecule has 82 valence electrons. The quantitative estimate of drug-likeness (QED) is 0.764. The maximum atomic E-state index is 5.59. The zero-order chi connectivity index (χ0) is 10.5. The Labute approximate surface area is 98.7 Å². The SMILES string of the molecule is Brc1cccc(OCCOC2CCC2)c1. The van der Waals surface area contributed by atoms with Gasteiger partial charge in [0.15, 0.2) is 0 Å². The van der Waals surface area contributed by atoms with Gasteiger partial charge in [0.2, 0.25) is 0 Å². The van der Waals surface area contributed by atoms with Crippen molar-refractivity contribution in [1.29, 1.82) is 0 Å². The molecule has 0 heterocycles. The van der Waals surface area contributed by atoms with Crippen LogP contribution in [-0.2, 0) is 4.74 Å². The minimum atomic E-state index is 0.496. The molecule has 0 unspecified atom stereocenters. The van der Waals surface area contributed by atoms with E-state index in [1.54, 1.807) is 0 Å². The zero-order valence-electron chi connectivity index (χ0n) is 8.62. The molecular formula is C12H15BrO2. The van der Waals surface area contributed by atoms with Gasteiger partial charge in [-0.15, -0.1) is 0 Å². The molecule has 2 nitrogen and oxygen atoms in total. The summed E-state index contributed by atoms with van der Waals surface area (Å²) in [5.41, 5.74) is 0. The summed E-state index contributed by atoms with van der Waals surface area (Å²) < 4.78 is 12.2. The van der Waals surface area contributed by atoms with Crippen LogP contribution < -0.4 is 4.74 Å². The average molecular weight is 271 g/mol. The van der Waals surface area contributed by atoms with Gasteiger partial charge in [-0.3, -0.25) is 0 Å². The van der Waals surface area contributed by atoms with Gasteiger partial charge in [0, 0.05) is 4.47 Å². The molecule has 0 aliphatic heterocycles. The number of hydrogen-bond acceptors (Lipinski definition) is 2. The Morgan fingerprint density at radius 3 is 2.80 bits per heavy atom. The molecule has 0 atom stereocenters. The van der Waals surface area contributed by atoms with E-state index in [1.165, 1.54) is 19.3 Å². The largest absolute Gasteiger partial charge is 0.491 e. The Bertz CT molecular complexity index is 310. The molecule has 1 fully saturated rings. The average Bonchev–Trinajstić information content (AvgIpc) is 2.15. The number of benzene rings is 1. The van der Waals surface area contributed by atoms with Crippen LogP contribution in [0, 0.1) is 0 Å². The first-order valence-electron chi connectivity index (χ1n) is 5.34. The normalized spacial score (nSPS) is 16.1. The number of halogens is 1. The summed E-state index contributed by atoms with van der Waals surface area (Å²) in [6.45, 7) is 1.32. The van der Waals surface area contributed by atoms with Crippen LogP contribution in [0.1, 0.15) is 19.3 Å². The van der Waals surface area contributed by atoms with E-state index in [2.05, 4.69) is 15.9 Å². The van der Waals surface area contributed by atoms with Crippen molar-refractivity contribution in [1.82, 2.24) is 0 Å². The van der Waals surface area contributed by atoms with Gasteiger partial charge in [-0.2, -0.15) is 0 Å². The molecule has 0 spiro atoms. The number of rotatable bonds is 5. The molecular weight excluding hydrogens is 256 g/mol. The first kappa shape index (κ1) is 11.0. The van der Waals surface area contributed by atoms with Crippen LogP contribution in [0.25, 0.3) is 0 Å². The second-order valence-electron chi connectivity index (χ2n) is 3.73. The van der Waals surface area contributed by atoms with Gasteiger partial charge >= 0.3 is 0 Å². The summed E-state index contributed by atoms with van der Waals surface area (Å²) in [5, 5.41) is 0. The fourth-order valence-electron chi connectivity index (χ4n) is 1.47. The molecule has 0 amide bonds. The molecule has 1 aliphatic rings. The van der Waals surface area contributed by atoms with E-state index >= 15 is 0 Å². The summed E-state index contributed by atoms with van der Waals surface area (Å²) in [6, 6.07) is 7.86. The highest BCUT2D eigenvalue weighted by molar-refractivity contribution is 9.10. The lowest BCUT2D eigenvalue weighted by molar-refractivity contribution is -0.0103. The standard InChI is InChI=1S/C12H15BrO2/c13-10-3-1-6-12(9-10)15-8-7-14-11-4-2-5-11/h1,3,6,9,11H,2,4-5,7-8H2. The van der Waals surface area contributed by atoms with Gasteiger partial charge < -0.3 is 9.47 Å². The molecule has 2 rings (SSSR count). The summed E-state index contributed by atoms with van der Waals surface area (Å²) >= 11 is 3.40. The van der Waals surface area contributed by atoms with Crippen molar-refractivity contribution < 1.29 is 9.47 Å². The van der Waals surface area contributed by atoms with Crippen molar-refractivity contribution >= 4 is 15.9 Å². The highest BCUT2D eigenvalue weighted by Gasteiger charge is 2.17. The lowest BCUT2D eigenvalue weighted by Crippen LogP contribution is -2.23. The van der Waals surface area contributed by atoms with Crippen molar-refractivity contribution in [3.63, 3.8) is 0 Å². The Balaban J connectivity index is 1.64. The molecule has 3 heteroatoms. The van der Waals surface area contributed by atoms with Gasteiger partial charge in [0.1, 0.15) is 12.4 Å². The predicted octanol–water partition coefficient (Wildman–Crippen LogP) is 3.40. The van der Waals surface area contributed by atoms with Crippen molar-refractivity contribution in [3.05, 3.63) is 28.7 Å². The van der Waals surface area contributed by atoms with E-state index in [0.717, 1.165) is 10.2 Å². The molecule has 0 saturated heterocycles. The summed E-state index contributed by atoms with van der Waals surface area (Å²) in [4.78, 5) is 0. The van der Waals surface area contributed by atoms with Crippen molar-refractivity contribution in [2.24, 2.45) is 0 Å². The zero-order valence-corrected chi connectivity index (χ0v) is 10.2. The van der Waals surface area contributed by atoms with Gasteiger partial charge in [0.05, 0.1) is 12.7 Å². The van der Waals surface area contributed by atoms with Gasteiger partial charge in [-0.1, -0.05) is 22.0 Å². The highest BCUT2D eigenvalue weighted by Crippen LogP contribution is 2.22. The van der Waals surface area contributed by atoms with Crippen molar-refractivity contribution in [2.45, 2.75) is 25.4 Å². The topological polar surface area (TPSA) is 18.5 Å². The Morgan fingerprint density at radius 2 is 2.13 bits per heavy atom. The molecule has 0 bridgehead atoms. The van der Waals surface area contributed by atoms with E-state index in [0.29, 0.717) is 19.3 Å². The minimum Gasteiger partial charge on any atom is -0.491 e. The molecule has 1 aliphatic carbocycles. The molecule has 1 aromatic carbocycles. The van der Waals surface area contributed by atoms with E-state index in [-0.39, 0.29) is 0 Å². The smallest absolute Gasteiger partial charge is 0.120 e. The van der Waals surface area contributed by atoms with Crippen LogP contribution in [-0.4, -0.2) is 19.3 Å². The van der Waals surface area contributed by atoms with Crippen molar-refractivity contribution in [3.8, 4) is 5.75 Å². The Morgan fingerprint density at radius 1 is 1.27 bits per heavy atom. The maximum Gasteiger partial charge on any atom is 0.120 e. The molecule has 0 aromatic heterocycles. The maximum absolute atomic E-state index is 5.59. The van der Waals surface area contributed by atoms with Crippen LogP contribution >= 0.6 is 15.9 Å². The van der Waals surface area contributed by atoms with E-state index < -0.39 is 0 Å². The first-order chi connectivity index (χ1) is 7.34. The molecule has 15 heavy (non-hydrogen) atoms. The van der Waals surface area contributed by atoms with Crippen LogP contribution in [0.5, 0.6) is 5.75 Å². The predicted molar refractivity (Wildman–Crippen MR) is 63.2 cm³/mol. The lowest BCUT2D eigenvalue weighted by atomic mass is 9.96. The molecule has 1 saturated carbocycles. The van der Waals surface area contributed by atoms with E-state index in [1.807, 2.05) is 24.3 Å². The molecule has 0 radical (unpaired) electrons. The second kappa shape index (κ2) is 5.52. The second-order valence-corrected chi connectivity index (χ2v) is 4.65. The lowest BCUT2D eigenvalue weighted by Gasteiger charge is -2.25. The molecule has 1 aromatic rings. The van der Waals surface area contributed by atoms with E-state index in [4.69, 9.17) is 9.47 Å². The van der Waals surface area contributed by atoms with Gasteiger partial charge in [-0.05, 0) is 37.5 Å². The fraction of sp³-hybridized carbons (Fsp3) is 0.500. The van der Waals surface area contributed by atoms with Crippen LogP contribution in [0.3, 0.4) is 0 Å². The summed E-state index contributed by atoms with van der Waals surface area (Å²) in [7, 11) is 0. The van der Waals surface area contributed by atoms with Gasteiger partial charge in [0.25, 0.3) is 0 Å². The van der Waals surface area contributed by atoms with E-state index in [9.17, 15) is 0 Å². The van der Waals surface area contributed by atoms with Crippen LogP contribution in [0.15, 0.2) is 28.7 Å². The monoisotopic (exact) mass is 270 g/mol. The highest BCUT2D eigenvalue weighted by atomic mass is 79.9. The first-order valence-corrected chi connectivity index (χ1v) is 6.14. The number of ether oxygens (including phenoxy) is 2. The third kappa shape index (κ3) is 3.50. The summed E-state index contributed by atoms with van der Waals surface area (Å²) in [6.07, 6.45) is 4.25. The third-order valence-electron chi connectivity index (χ3n) is 2.55. The Hall–Kier alpha value is -0.540. The van der Waals surface area contributed by atoms with Gasteiger partial charge in [-0.25, -0.2) is 0 Å². The summed E-state index contributed by atoms with van der Waals surface area (Å²) in [5.74, 6) is 0.890. The third-order valence-corrected chi connectivity index (χ3v) is 3.05. The fourth-order valence-corrected chi connectivity index (χ4v) is 1.85. The van der Waals surface area contributed by atoms with Crippen LogP contribution in [0.2, 0.25) is 0 Å². The number of hydrogen-bond donors (Lipinski definition) is 0.